The zero-order chi connectivity index (χ0) is 17.8. The molecule has 6 nitrogen and oxygen atoms in total. The third-order valence-corrected chi connectivity index (χ3v) is 6.48. The fourth-order valence-electron chi connectivity index (χ4n) is 3.79. The SMILES string of the molecule is CC(=O)NC[C@H]1CC[C@@H](CC(=O)NCc2nc3c(s2)CCCC3)N1C. The Morgan fingerprint density at radius 1 is 1.20 bits per heavy atom. The first-order valence-electron chi connectivity index (χ1n) is 9.23. The predicted octanol–water partition coefficient (Wildman–Crippen LogP) is 1.63. The summed E-state index contributed by atoms with van der Waals surface area (Å²) >= 11 is 1.75. The van der Waals surface area contributed by atoms with Gasteiger partial charge < -0.3 is 10.6 Å². The molecule has 7 heteroatoms. The van der Waals surface area contributed by atoms with Gasteiger partial charge in [-0.1, -0.05) is 0 Å². The molecule has 0 bridgehead atoms. The lowest BCUT2D eigenvalue weighted by atomic mass is 10.0. The van der Waals surface area contributed by atoms with Gasteiger partial charge in [0.15, 0.2) is 0 Å². The van der Waals surface area contributed by atoms with Crippen LogP contribution in [0.25, 0.3) is 0 Å². The number of carbonyl (C=O) groups is 2. The molecule has 0 saturated carbocycles. The van der Waals surface area contributed by atoms with Crippen molar-refractivity contribution in [1.29, 1.82) is 0 Å². The molecule has 1 fully saturated rings. The molecule has 1 aromatic heterocycles. The Morgan fingerprint density at radius 3 is 2.72 bits per heavy atom. The van der Waals surface area contributed by atoms with Gasteiger partial charge in [-0.3, -0.25) is 14.5 Å². The number of amides is 2. The third kappa shape index (κ3) is 4.79. The molecular weight excluding hydrogens is 336 g/mol. The number of fused-ring (bicyclic) bond motifs is 1. The summed E-state index contributed by atoms with van der Waals surface area (Å²) in [4.78, 5) is 31.7. The van der Waals surface area contributed by atoms with E-state index in [1.54, 1.807) is 11.3 Å². The number of likely N-dealkylation sites (tertiary alicyclic amines) is 1. The minimum atomic E-state index is 0.000683. The van der Waals surface area contributed by atoms with Crippen molar-refractivity contribution in [1.82, 2.24) is 20.5 Å². The van der Waals surface area contributed by atoms with E-state index in [1.807, 2.05) is 7.05 Å². The zero-order valence-electron chi connectivity index (χ0n) is 15.1. The second kappa shape index (κ2) is 8.27. The maximum absolute atomic E-state index is 12.3. The van der Waals surface area contributed by atoms with Crippen LogP contribution in [-0.2, 0) is 29.0 Å². The van der Waals surface area contributed by atoms with Gasteiger partial charge in [0.05, 0.1) is 12.2 Å². The molecule has 2 heterocycles. The van der Waals surface area contributed by atoms with Gasteiger partial charge in [0, 0.05) is 36.9 Å². The predicted molar refractivity (Wildman–Crippen MR) is 98.5 cm³/mol. The second-order valence-corrected chi connectivity index (χ2v) is 8.32. The maximum Gasteiger partial charge on any atom is 0.221 e. The van der Waals surface area contributed by atoms with Crippen molar-refractivity contribution < 1.29 is 9.59 Å². The number of likely N-dealkylation sites (N-methyl/N-ethyl adjacent to an activating group) is 1. The van der Waals surface area contributed by atoms with Crippen LogP contribution in [0.4, 0.5) is 0 Å². The van der Waals surface area contributed by atoms with Gasteiger partial charge in [0.2, 0.25) is 11.8 Å². The number of rotatable bonds is 6. The fourth-order valence-corrected chi connectivity index (χ4v) is 4.88. The Bertz CT molecular complexity index is 607. The molecule has 1 aromatic rings. The number of carbonyl (C=O) groups excluding carboxylic acids is 2. The van der Waals surface area contributed by atoms with Crippen molar-refractivity contribution in [3.63, 3.8) is 0 Å². The van der Waals surface area contributed by atoms with Gasteiger partial charge in [-0.25, -0.2) is 4.98 Å². The number of nitrogens with one attached hydrogen (secondary N) is 2. The van der Waals surface area contributed by atoms with Crippen LogP contribution in [0.5, 0.6) is 0 Å². The van der Waals surface area contributed by atoms with Crippen LogP contribution in [0.2, 0.25) is 0 Å². The van der Waals surface area contributed by atoms with Crippen molar-refractivity contribution in [2.24, 2.45) is 0 Å². The van der Waals surface area contributed by atoms with Crippen molar-refractivity contribution >= 4 is 23.2 Å². The van der Waals surface area contributed by atoms with Gasteiger partial charge in [0.1, 0.15) is 5.01 Å². The fraction of sp³-hybridized carbons (Fsp3) is 0.722. The minimum Gasteiger partial charge on any atom is -0.355 e. The first-order valence-corrected chi connectivity index (χ1v) is 10.0. The molecule has 2 amide bonds. The highest BCUT2D eigenvalue weighted by Gasteiger charge is 2.31. The summed E-state index contributed by atoms with van der Waals surface area (Å²) in [6.45, 7) is 2.74. The highest BCUT2D eigenvalue weighted by molar-refractivity contribution is 7.11. The van der Waals surface area contributed by atoms with Crippen molar-refractivity contribution in [3.8, 4) is 0 Å². The number of hydrogen-bond acceptors (Lipinski definition) is 5. The van der Waals surface area contributed by atoms with Gasteiger partial charge in [-0.05, 0) is 45.6 Å². The average molecular weight is 365 g/mol. The lowest BCUT2D eigenvalue weighted by Crippen LogP contribution is -2.41. The molecule has 2 N–H and O–H groups in total. The highest BCUT2D eigenvalue weighted by atomic mass is 32.1. The molecule has 1 aliphatic carbocycles. The lowest BCUT2D eigenvalue weighted by Gasteiger charge is -2.25. The number of thiazole rings is 1. The van der Waals surface area contributed by atoms with E-state index in [0.717, 1.165) is 30.7 Å². The van der Waals surface area contributed by atoms with E-state index in [0.29, 0.717) is 25.6 Å². The maximum atomic E-state index is 12.3. The molecule has 0 aromatic carbocycles. The van der Waals surface area contributed by atoms with E-state index in [-0.39, 0.29) is 17.9 Å². The first-order chi connectivity index (χ1) is 12.0. The van der Waals surface area contributed by atoms with Crippen LogP contribution < -0.4 is 10.6 Å². The number of aromatic nitrogens is 1. The topological polar surface area (TPSA) is 74.3 Å². The van der Waals surface area contributed by atoms with E-state index in [2.05, 4.69) is 20.5 Å². The Morgan fingerprint density at radius 2 is 1.96 bits per heavy atom. The normalized spacial score (nSPS) is 23.3. The van der Waals surface area contributed by atoms with E-state index in [1.165, 1.54) is 30.3 Å². The Hall–Kier alpha value is -1.47. The first kappa shape index (κ1) is 18.3. The third-order valence-electron chi connectivity index (χ3n) is 5.32. The van der Waals surface area contributed by atoms with E-state index in [4.69, 9.17) is 0 Å². The minimum absolute atomic E-state index is 0.000683. The molecule has 0 radical (unpaired) electrons. The van der Waals surface area contributed by atoms with E-state index >= 15 is 0 Å². The Balaban J connectivity index is 1.43. The number of nitrogens with zero attached hydrogens (tertiary/aromatic N) is 2. The number of aryl methyl sites for hydroxylation is 2. The monoisotopic (exact) mass is 364 g/mol. The van der Waals surface area contributed by atoms with Crippen molar-refractivity contribution in [2.45, 2.75) is 70.5 Å². The van der Waals surface area contributed by atoms with Crippen LogP contribution in [0, 0.1) is 0 Å². The van der Waals surface area contributed by atoms with Crippen molar-refractivity contribution in [3.05, 3.63) is 15.6 Å². The molecule has 2 atom stereocenters. The molecule has 0 unspecified atom stereocenters. The van der Waals surface area contributed by atoms with Gasteiger partial charge >= 0.3 is 0 Å². The smallest absolute Gasteiger partial charge is 0.221 e. The Labute approximate surface area is 153 Å². The molecule has 25 heavy (non-hydrogen) atoms. The molecule has 1 saturated heterocycles. The molecular formula is C18H28N4O2S. The summed E-state index contributed by atoms with van der Waals surface area (Å²) in [6.07, 6.45) is 7.25. The molecule has 0 spiro atoms. The van der Waals surface area contributed by atoms with Gasteiger partial charge in [-0.2, -0.15) is 0 Å². The molecule has 138 valence electrons. The summed E-state index contributed by atoms with van der Waals surface area (Å²) in [5, 5.41) is 6.94. The summed E-state index contributed by atoms with van der Waals surface area (Å²) in [5.74, 6) is 0.0888. The van der Waals surface area contributed by atoms with Gasteiger partial charge in [-0.15, -0.1) is 11.3 Å². The zero-order valence-corrected chi connectivity index (χ0v) is 16.0. The standard InChI is InChI=1S/C18H28N4O2S/c1-12(23)19-10-14-8-7-13(22(14)2)9-17(24)20-11-18-21-15-5-3-4-6-16(15)25-18/h13-14H,3-11H2,1-2H3,(H,19,23)(H,20,24)/t13-,14+/m0/s1. The highest BCUT2D eigenvalue weighted by Crippen LogP contribution is 2.27. The van der Waals surface area contributed by atoms with Crippen LogP contribution in [0.3, 0.4) is 0 Å². The summed E-state index contributed by atoms with van der Waals surface area (Å²) < 4.78 is 0. The quantitative estimate of drug-likeness (QED) is 0.805. The van der Waals surface area contributed by atoms with Crippen LogP contribution >= 0.6 is 11.3 Å². The molecule has 2 aliphatic rings. The number of hydrogen-bond donors (Lipinski definition) is 2. The summed E-state index contributed by atoms with van der Waals surface area (Å²) in [6, 6.07) is 0.579. The van der Waals surface area contributed by atoms with Crippen LogP contribution in [0.1, 0.15) is 54.6 Å². The van der Waals surface area contributed by atoms with Crippen LogP contribution in [-0.4, -0.2) is 47.4 Å². The molecule has 3 rings (SSSR count). The lowest BCUT2D eigenvalue weighted by molar-refractivity contribution is -0.122. The Kier molecular flexibility index (Phi) is 6.06. The van der Waals surface area contributed by atoms with Crippen LogP contribution in [0.15, 0.2) is 0 Å². The van der Waals surface area contributed by atoms with Gasteiger partial charge in [0.25, 0.3) is 0 Å². The molecule has 1 aliphatic heterocycles. The second-order valence-electron chi connectivity index (χ2n) is 7.15. The summed E-state index contributed by atoms with van der Waals surface area (Å²) in [5.41, 5.74) is 1.25. The largest absolute Gasteiger partial charge is 0.355 e. The summed E-state index contributed by atoms with van der Waals surface area (Å²) in [7, 11) is 2.05. The van der Waals surface area contributed by atoms with E-state index in [9.17, 15) is 9.59 Å². The average Bonchev–Trinajstić information content (AvgIpc) is 3.15. The van der Waals surface area contributed by atoms with Crippen molar-refractivity contribution in [2.75, 3.05) is 13.6 Å². The van der Waals surface area contributed by atoms with E-state index < -0.39 is 0 Å².